The minimum absolute atomic E-state index is 0.933. The number of nitrogens with one attached hydrogen (secondary N) is 1. The van der Waals surface area contributed by atoms with Gasteiger partial charge in [-0.3, -0.25) is 0 Å². The van der Waals surface area contributed by atoms with Gasteiger partial charge in [-0.1, -0.05) is 32.0 Å². The molecule has 2 aromatic rings. The Balaban J connectivity index is 0.000000659. The molecular formula is C15H27N3. The van der Waals surface area contributed by atoms with E-state index in [2.05, 4.69) is 52.9 Å². The number of aromatic nitrogens is 1. The predicted octanol–water partition coefficient (Wildman–Crippen LogP) is 2.98. The van der Waals surface area contributed by atoms with Crippen molar-refractivity contribution in [2.24, 2.45) is 5.73 Å². The number of nitrogens with zero attached hydrogens (tertiary/aromatic N) is 1. The third-order valence-corrected chi connectivity index (χ3v) is 2.57. The highest BCUT2D eigenvalue weighted by Crippen LogP contribution is 2.19. The van der Waals surface area contributed by atoms with E-state index < -0.39 is 0 Å². The molecule has 18 heavy (non-hydrogen) atoms. The van der Waals surface area contributed by atoms with Crippen LogP contribution in [-0.2, 0) is 13.1 Å². The van der Waals surface area contributed by atoms with Crippen molar-refractivity contribution >= 4 is 10.9 Å². The van der Waals surface area contributed by atoms with E-state index >= 15 is 0 Å². The Bertz CT molecular complexity index is 432. The van der Waals surface area contributed by atoms with Crippen LogP contribution in [-0.4, -0.2) is 18.7 Å². The molecule has 1 aromatic carbocycles. The molecule has 0 saturated carbocycles. The number of hydrogen-bond acceptors (Lipinski definition) is 2. The highest BCUT2D eigenvalue weighted by atomic mass is 15.0. The topological polar surface area (TPSA) is 43.0 Å². The van der Waals surface area contributed by atoms with E-state index in [9.17, 15) is 0 Å². The number of hydrogen-bond donors (Lipinski definition) is 2. The molecule has 0 radical (unpaired) electrons. The van der Waals surface area contributed by atoms with E-state index in [0.29, 0.717) is 0 Å². The van der Waals surface area contributed by atoms with Gasteiger partial charge in [0.05, 0.1) is 0 Å². The highest BCUT2D eigenvalue weighted by Gasteiger charge is 2.04. The number of para-hydroxylation sites is 1. The molecule has 0 bridgehead atoms. The fraction of sp³-hybridized carbons (Fsp3) is 0.467. The molecule has 0 atom stereocenters. The summed E-state index contributed by atoms with van der Waals surface area (Å²) in [7, 11) is 3.48. The van der Waals surface area contributed by atoms with Crippen LogP contribution in [0.3, 0.4) is 0 Å². The van der Waals surface area contributed by atoms with Crippen molar-refractivity contribution in [3.63, 3.8) is 0 Å². The van der Waals surface area contributed by atoms with Crippen molar-refractivity contribution in [2.45, 2.75) is 33.9 Å². The van der Waals surface area contributed by atoms with Gasteiger partial charge in [-0.05, 0) is 38.5 Å². The van der Waals surface area contributed by atoms with E-state index in [1.807, 2.05) is 20.9 Å². The first-order valence-electron chi connectivity index (χ1n) is 6.66. The SMILES string of the molecule is CC.CCn1c(CNC)cc2ccccc21.CN. The maximum atomic E-state index is 4.50. The van der Waals surface area contributed by atoms with Crippen LogP contribution in [0.2, 0.25) is 0 Å². The van der Waals surface area contributed by atoms with Gasteiger partial charge < -0.3 is 15.6 Å². The van der Waals surface area contributed by atoms with E-state index in [1.165, 1.54) is 23.6 Å². The van der Waals surface area contributed by atoms with Crippen LogP contribution in [0.15, 0.2) is 30.3 Å². The van der Waals surface area contributed by atoms with Crippen LogP contribution >= 0.6 is 0 Å². The van der Waals surface area contributed by atoms with E-state index in [1.54, 1.807) is 0 Å². The number of aryl methyl sites for hydroxylation is 1. The Labute approximate surface area is 111 Å². The second-order valence-electron chi connectivity index (χ2n) is 3.47. The van der Waals surface area contributed by atoms with Gasteiger partial charge in [0.15, 0.2) is 0 Å². The quantitative estimate of drug-likeness (QED) is 0.878. The first kappa shape index (κ1) is 16.7. The lowest BCUT2D eigenvalue weighted by molar-refractivity contribution is 0.692. The summed E-state index contributed by atoms with van der Waals surface area (Å²) in [5.74, 6) is 0. The average Bonchev–Trinajstić information content (AvgIpc) is 2.81. The molecule has 0 aliphatic heterocycles. The molecule has 1 aromatic heterocycles. The van der Waals surface area contributed by atoms with Crippen LogP contribution in [0, 0.1) is 0 Å². The summed E-state index contributed by atoms with van der Waals surface area (Å²) in [5, 5.41) is 4.53. The zero-order valence-electron chi connectivity index (χ0n) is 12.3. The smallest absolute Gasteiger partial charge is 0.0482 e. The van der Waals surface area contributed by atoms with Crippen molar-refractivity contribution in [3.8, 4) is 0 Å². The largest absolute Gasteiger partial charge is 0.344 e. The molecule has 2 rings (SSSR count). The Morgan fingerprint density at radius 1 is 1.17 bits per heavy atom. The Kier molecular flexibility index (Phi) is 8.97. The minimum Gasteiger partial charge on any atom is -0.344 e. The first-order chi connectivity index (χ1) is 8.86. The molecular weight excluding hydrogens is 222 g/mol. The zero-order chi connectivity index (χ0) is 14.0. The van der Waals surface area contributed by atoms with Crippen molar-refractivity contribution < 1.29 is 0 Å². The number of benzene rings is 1. The summed E-state index contributed by atoms with van der Waals surface area (Å²) in [6, 6.07) is 10.8. The van der Waals surface area contributed by atoms with Gasteiger partial charge in [0.2, 0.25) is 0 Å². The van der Waals surface area contributed by atoms with E-state index in [0.717, 1.165) is 13.1 Å². The summed E-state index contributed by atoms with van der Waals surface area (Å²) in [6.07, 6.45) is 0. The van der Waals surface area contributed by atoms with E-state index in [-0.39, 0.29) is 0 Å². The average molecular weight is 249 g/mol. The highest BCUT2D eigenvalue weighted by molar-refractivity contribution is 5.81. The van der Waals surface area contributed by atoms with Crippen molar-refractivity contribution in [1.29, 1.82) is 0 Å². The summed E-state index contributed by atoms with van der Waals surface area (Å²) in [5.41, 5.74) is 7.19. The third kappa shape index (κ3) is 3.86. The van der Waals surface area contributed by atoms with Gasteiger partial charge in [0, 0.05) is 24.3 Å². The number of nitrogens with two attached hydrogens (primary N) is 1. The van der Waals surface area contributed by atoms with Crippen LogP contribution in [0.25, 0.3) is 10.9 Å². The van der Waals surface area contributed by atoms with Gasteiger partial charge in [-0.2, -0.15) is 0 Å². The molecule has 3 nitrogen and oxygen atoms in total. The lowest BCUT2D eigenvalue weighted by Gasteiger charge is -2.06. The van der Waals surface area contributed by atoms with Gasteiger partial charge in [0.1, 0.15) is 0 Å². The lowest BCUT2D eigenvalue weighted by atomic mass is 10.2. The number of fused-ring (bicyclic) bond motifs is 1. The molecule has 0 amide bonds. The summed E-state index contributed by atoms with van der Waals surface area (Å²) in [6.45, 7) is 8.15. The van der Waals surface area contributed by atoms with Crippen LogP contribution < -0.4 is 11.1 Å². The zero-order valence-corrected chi connectivity index (χ0v) is 12.3. The maximum absolute atomic E-state index is 4.50. The molecule has 0 unspecified atom stereocenters. The molecule has 102 valence electrons. The summed E-state index contributed by atoms with van der Waals surface area (Å²) < 4.78 is 2.35. The molecule has 1 heterocycles. The Hall–Kier alpha value is -1.32. The van der Waals surface area contributed by atoms with Crippen LogP contribution in [0.4, 0.5) is 0 Å². The first-order valence-corrected chi connectivity index (χ1v) is 6.66. The Morgan fingerprint density at radius 3 is 2.33 bits per heavy atom. The van der Waals surface area contributed by atoms with Crippen molar-refractivity contribution in [1.82, 2.24) is 9.88 Å². The standard InChI is InChI=1S/C12H16N2.C2H6.CH5N/c1-3-14-11(9-13-2)8-10-6-4-5-7-12(10)14;2*1-2/h4-8,13H,3,9H2,1-2H3;1-2H3;2H2,1H3. The van der Waals surface area contributed by atoms with Crippen molar-refractivity contribution in [3.05, 3.63) is 36.0 Å². The summed E-state index contributed by atoms with van der Waals surface area (Å²) >= 11 is 0. The van der Waals surface area contributed by atoms with E-state index in [4.69, 9.17) is 0 Å². The van der Waals surface area contributed by atoms with Gasteiger partial charge in [-0.15, -0.1) is 0 Å². The molecule has 3 N–H and O–H groups in total. The van der Waals surface area contributed by atoms with Gasteiger partial charge in [0.25, 0.3) is 0 Å². The van der Waals surface area contributed by atoms with Crippen molar-refractivity contribution in [2.75, 3.05) is 14.1 Å². The fourth-order valence-corrected chi connectivity index (χ4v) is 1.97. The minimum atomic E-state index is 0.933. The molecule has 3 heteroatoms. The third-order valence-electron chi connectivity index (χ3n) is 2.57. The molecule has 0 saturated heterocycles. The van der Waals surface area contributed by atoms with Crippen LogP contribution in [0.1, 0.15) is 26.5 Å². The van der Waals surface area contributed by atoms with Gasteiger partial charge in [-0.25, -0.2) is 0 Å². The van der Waals surface area contributed by atoms with Crippen LogP contribution in [0.5, 0.6) is 0 Å². The lowest BCUT2D eigenvalue weighted by Crippen LogP contribution is -2.10. The predicted molar refractivity (Wildman–Crippen MR) is 81.8 cm³/mol. The monoisotopic (exact) mass is 249 g/mol. The molecule has 0 spiro atoms. The fourth-order valence-electron chi connectivity index (χ4n) is 1.97. The normalized spacial score (nSPS) is 9.22. The Morgan fingerprint density at radius 2 is 1.78 bits per heavy atom. The molecule has 0 aliphatic carbocycles. The van der Waals surface area contributed by atoms with Gasteiger partial charge >= 0.3 is 0 Å². The second-order valence-corrected chi connectivity index (χ2v) is 3.47. The molecule has 0 fully saturated rings. The summed E-state index contributed by atoms with van der Waals surface area (Å²) in [4.78, 5) is 0. The number of rotatable bonds is 3. The molecule has 0 aliphatic rings. The second kappa shape index (κ2) is 9.68. The maximum Gasteiger partial charge on any atom is 0.0482 e.